The Hall–Kier alpha value is -1.51. The van der Waals surface area contributed by atoms with Crippen LogP contribution in [0.1, 0.15) is 130 Å². The molecule has 0 atom stereocenters. The van der Waals surface area contributed by atoms with Crippen molar-refractivity contribution in [2.24, 2.45) is 0 Å². The van der Waals surface area contributed by atoms with Gasteiger partial charge in [0.25, 0.3) is 5.91 Å². The smallest absolute Gasteiger partial charge is 0.257 e. The van der Waals surface area contributed by atoms with Gasteiger partial charge in [0.2, 0.25) is 0 Å². The lowest BCUT2D eigenvalue weighted by Crippen LogP contribution is -2.29. The molecule has 0 fully saturated rings. The van der Waals surface area contributed by atoms with Crippen LogP contribution in [0, 0.1) is 0 Å². The minimum atomic E-state index is -0.0299. The first kappa shape index (κ1) is 28.5. The Labute approximate surface area is 199 Å². The number of carbonyl (C=O) groups is 1. The number of unbranched alkanes of at least 4 members (excludes halogenated alkanes) is 13. The standard InChI is InChI=1S/C29H51NO2/c1-5-7-8-9-10-11-12-13-14-15-16-17-18-19-24-30-28(31)25-32-27-22-20-26(21-23-27)29(3,4)6-2/h20-23H,5-19,24-25H2,1-4H3,(H,30,31). The molecule has 0 aromatic heterocycles. The zero-order valence-electron chi connectivity index (χ0n) is 21.6. The predicted molar refractivity (Wildman–Crippen MR) is 139 cm³/mol. The molecule has 3 nitrogen and oxygen atoms in total. The van der Waals surface area contributed by atoms with Crippen molar-refractivity contribution in [3.63, 3.8) is 0 Å². The Morgan fingerprint density at radius 2 is 1.22 bits per heavy atom. The van der Waals surface area contributed by atoms with E-state index in [1.807, 2.05) is 12.1 Å². The second kappa shape index (κ2) is 18.0. The summed E-state index contributed by atoms with van der Waals surface area (Å²) in [4.78, 5) is 12.0. The maximum absolute atomic E-state index is 12.0. The molecule has 3 heteroatoms. The van der Waals surface area contributed by atoms with E-state index in [1.165, 1.54) is 89.0 Å². The van der Waals surface area contributed by atoms with Crippen LogP contribution in [0.2, 0.25) is 0 Å². The molecule has 0 aliphatic heterocycles. The molecule has 1 rings (SSSR count). The number of carbonyl (C=O) groups excluding carboxylic acids is 1. The summed E-state index contributed by atoms with van der Waals surface area (Å²) in [5, 5.41) is 2.98. The summed E-state index contributed by atoms with van der Waals surface area (Å²) in [7, 11) is 0. The van der Waals surface area contributed by atoms with Crippen molar-refractivity contribution < 1.29 is 9.53 Å². The van der Waals surface area contributed by atoms with Crippen LogP contribution in [0.4, 0.5) is 0 Å². The van der Waals surface area contributed by atoms with Gasteiger partial charge in [-0.1, -0.05) is 123 Å². The molecule has 0 saturated carbocycles. The highest BCUT2D eigenvalue weighted by Gasteiger charge is 2.17. The van der Waals surface area contributed by atoms with E-state index in [1.54, 1.807) is 0 Å². The summed E-state index contributed by atoms with van der Waals surface area (Å²) in [6.07, 6.45) is 20.0. The van der Waals surface area contributed by atoms with Gasteiger partial charge in [-0.05, 0) is 36.0 Å². The first-order chi connectivity index (χ1) is 15.5. The van der Waals surface area contributed by atoms with E-state index in [9.17, 15) is 4.79 Å². The highest BCUT2D eigenvalue weighted by Crippen LogP contribution is 2.28. The van der Waals surface area contributed by atoms with Gasteiger partial charge >= 0.3 is 0 Å². The average Bonchev–Trinajstić information content (AvgIpc) is 2.80. The van der Waals surface area contributed by atoms with Crippen molar-refractivity contribution >= 4 is 5.91 Å². The van der Waals surface area contributed by atoms with E-state index < -0.39 is 0 Å². The molecule has 32 heavy (non-hydrogen) atoms. The first-order valence-corrected chi connectivity index (χ1v) is 13.5. The van der Waals surface area contributed by atoms with Gasteiger partial charge in [0.15, 0.2) is 6.61 Å². The monoisotopic (exact) mass is 445 g/mol. The maximum Gasteiger partial charge on any atom is 0.257 e. The summed E-state index contributed by atoms with van der Waals surface area (Å²) >= 11 is 0. The Morgan fingerprint density at radius 1 is 0.750 bits per heavy atom. The normalized spacial score (nSPS) is 11.5. The van der Waals surface area contributed by atoms with Crippen LogP contribution >= 0.6 is 0 Å². The third-order valence-electron chi connectivity index (χ3n) is 6.74. The molecular formula is C29H51NO2. The summed E-state index contributed by atoms with van der Waals surface area (Å²) < 4.78 is 5.63. The number of hydrogen-bond acceptors (Lipinski definition) is 2. The molecule has 0 saturated heterocycles. The van der Waals surface area contributed by atoms with E-state index in [-0.39, 0.29) is 17.9 Å². The van der Waals surface area contributed by atoms with Crippen molar-refractivity contribution in [1.82, 2.24) is 5.32 Å². The van der Waals surface area contributed by atoms with E-state index in [2.05, 4.69) is 45.1 Å². The minimum Gasteiger partial charge on any atom is -0.484 e. The predicted octanol–water partition coefficient (Wildman–Crippen LogP) is 8.35. The highest BCUT2D eigenvalue weighted by atomic mass is 16.5. The fourth-order valence-electron chi connectivity index (χ4n) is 3.95. The van der Waals surface area contributed by atoms with Gasteiger partial charge in [0.05, 0.1) is 0 Å². The van der Waals surface area contributed by atoms with E-state index >= 15 is 0 Å². The SMILES string of the molecule is CCCCCCCCCCCCCCCCNC(=O)COc1ccc(C(C)(C)CC)cc1. The largest absolute Gasteiger partial charge is 0.484 e. The fourth-order valence-corrected chi connectivity index (χ4v) is 3.95. The van der Waals surface area contributed by atoms with E-state index in [0.717, 1.165) is 25.1 Å². The van der Waals surface area contributed by atoms with Crippen LogP contribution < -0.4 is 10.1 Å². The molecule has 0 bridgehead atoms. The van der Waals surface area contributed by atoms with Gasteiger partial charge < -0.3 is 10.1 Å². The lowest BCUT2D eigenvalue weighted by Gasteiger charge is -2.23. The number of amides is 1. The zero-order chi connectivity index (χ0) is 23.5. The van der Waals surface area contributed by atoms with Crippen molar-refractivity contribution in [2.45, 2.75) is 129 Å². The Balaban J connectivity index is 1.93. The molecule has 0 unspecified atom stereocenters. The molecule has 0 aliphatic carbocycles. The Kier molecular flexibility index (Phi) is 16.0. The Morgan fingerprint density at radius 3 is 1.69 bits per heavy atom. The summed E-state index contributed by atoms with van der Waals surface area (Å²) in [6.45, 7) is 9.81. The molecule has 1 N–H and O–H groups in total. The van der Waals surface area contributed by atoms with Crippen LogP contribution in [0.3, 0.4) is 0 Å². The van der Waals surface area contributed by atoms with Gasteiger partial charge in [-0.25, -0.2) is 0 Å². The Bertz CT molecular complexity index is 579. The molecule has 0 spiro atoms. The molecular weight excluding hydrogens is 394 g/mol. The number of hydrogen-bond donors (Lipinski definition) is 1. The molecule has 184 valence electrons. The van der Waals surface area contributed by atoms with Crippen LogP contribution in [0.15, 0.2) is 24.3 Å². The summed E-state index contributed by atoms with van der Waals surface area (Å²) in [5.41, 5.74) is 1.47. The third kappa shape index (κ3) is 13.8. The summed E-state index contributed by atoms with van der Waals surface area (Å²) in [5.74, 6) is 0.727. The van der Waals surface area contributed by atoms with Gasteiger partial charge in [0.1, 0.15) is 5.75 Å². The van der Waals surface area contributed by atoms with Crippen LogP contribution in [-0.2, 0) is 10.2 Å². The van der Waals surface area contributed by atoms with Crippen LogP contribution in [0.5, 0.6) is 5.75 Å². The second-order valence-corrected chi connectivity index (χ2v) is 10.00. The molecule has 1 amide bonds. The number of rotatable bonds is 20. The molecule has 1 aromatic rings. The van der Waals surface area contributed by atoms with Gasteiger partial charge in [0, 0.05) is 6.54 Å². The third-order valence-corrected chi connectivity index (χ3v) is 6.74. The second-order valence-electron chi connectivity index (χ2n) is 10.00. The number of nitrogens with one attached hydrogen (secondary N) is 1. The molecule has 0 aliphatic rings. The number of benzene rings is 1. The molecule has 0 radical (unpaired) electrons. The highest BCUT2D eigenvalue weighted by molar-refractivity contribution is 5.77. The van der Waals surface area contributed by atoms with Gasteiger partial charge in [-0.3, -0.25) is 4.79 Å². The van der Waals surface area contributed by atoms with Crippen molar-refractivity contribution in [1.29, 1.82) is 0 Å². The molecule has 1 aromatic carbocycles. The zero-order valence-corrected chi connectivity index (χ0v) is 21.6. The topological polar surface area (TPSA) is 38.3 Å². The van der Waals surface area contributed by atoms with Crippen LogP contribution in [-0.4, -0.2) is 19.1 Å². The van der Waals surface area contributed by atoms with Gasteiger partial charge in [-0.2, -0.15) is 0 Å². The van der Waals surface area contributed by atoms with Crippen molar-refractivity contribution in [2.75, 3.05) is 13.2 Å². The van der Waals surface area contributed by atoms with Crippen molar-refractivity contribution in [3.05, 3.63) is 29.8 Å². The van der Waals surface area contributed by atoms with E-state index in [4.69, 9.17) is 4.74 Å². The average molecular weight is 446 g/mol. The number of ether oxygens (including phenoxy) is 1. The first-order valence-electron chi connectivity index (χ1n) is 13.5. The van der Waals surface area contributed by atoms with Gasteiger partial charge in [-0.15, -0.1) is 0 Å². The van der Waals surface area contributed by atoms with Crippen molar-refractivity contribution in [3.8, 4) is 5.75 Å². The van der Waals surface area contributed by atoms with E-state index in [0.29, 0.717) is 0 Å². The lowest BCUT2D eigenvalue weighted by molar-refractivity contribution is -0.123. The fraction of sp³-hybridized carbons (Fsp3) is 0.759. The molecule has 0 heterocycles. The van der Waals surface area contributed by atoms with Crippen LogP contribution in [0.25, 0.3) is 0 Å². The quantitative estimate of drug-likeness (QED) is 0.205. The lowest BCUT2D eigenvalue weighted by atomic mass is 9.82. The minimum absolute atomic E-state index is 0.0299. The maximum atomic E-state index is 12.0. The summed E-state index contributed by atoms with van der Waals surface area (Å²) in [6, 6.07) is 8.14.